The Morgan fingerprint density at radius 3 is 2.65 bits per heavy atom. The van der Waals surface area contributed by atoms with Gasteiger partial charge in [-0.2, -0.15) is 0 Å². The SMILES string of the molecule is C=CC(=O)N1CCN(c2c(C(=O)NCCN(C)C)c(=O)n(-c3c(C)ccnc3C(C)C)c3nc(-c4cccc5sc(N)nc45)c(F)cc23)C[C@H]1C. The number of para-hydroxylation sites is 1. The van der Waals surface area contributed by atoms with Crippen molar-refractivity contribution in [2.45, 2.75) is 39.7 Å². The van der Waals surface area contributed by atoms with Crippen molar-refractivity contribution in [1.29, 1.82) is 0 Å². The highest BCUT2D eigenvalue weighted by Gasteiger charge is 2.34. The van der Waals surface area contributed by atoms with Crippen molar-refractivity contribution in [2.24, 2.45) is 0 Å². The number of likely N-dealkylation sites (N-methyl/N-ethyl adjacent to an activating group) is 1. The van der Waals surface area contributed by atoms with E-state index >= 15 is 9.18 Å². The highest BCUT2D eigenvalue weighted by molar-refractivity contribution is 7.22. The van der Waals surface area contributed by atoms with Gasteiger partial charge in [-0.25, -0.2) is 14.4 Å². The Kier molecular flexibility index (Phi) is 9.91. The molecule has 266 valence electrons. The summed E-state index contributed by atoms with van der Waals surface area (Å²) in [7, 11) is 3.77. The minimum atomic E-state index is -0.660. The van der Waals surface area contributed by atoms with E-state index in [-0.39, 0.29) is 65.5 Å². The molecule has 3 N–H and O–H groups in total. The lowest BCUT2D eigenvalue weighted by Crippen LogP contribution is -2.54. The van der Waals surface area contributed by atoms with E-state index in [1.54, 1.807) is 29.3 Å². The van der Waals surface area contributed by atoms with E-state index in [1.165, 1.54) is 28.0 Å². The van der Waals surface area contributed by atoms with Gasteiger partial charge in [0.25, 0.3) is 11.5 Å². The lowest BCUT2D eigenvalue weighted by atomic mass is 10.0. The Balaban J connectivity index is 1.72. The molecule has 0 spiro atoms. The Hall–Kier alpha value is -5.21. The number of anilines is 2. The summed E-state index contributed by atoms with van der Waals surface area (Å²) in [5.41, 5.74) is 8.46. The van der Waals surface area contributed by atoms with Gasteiger partial charge in [0.15, 0.2) is 10.8 Å². The summed E-state index contributed by atoms with van der Waals surface area (Å²) in [6.45, 7) is 13.0. The zero-order chi connectivity index (χ0) is 36.7. The number of halogens is 1. The zero-order valence-corrected chi connectivity index (χ0v) is 30.5. The molecule has 12 nitrogen and oxygen atoms in total. The van der Waals surface area contributed by atoms with Crippen LogP contribution in [-0.4, -0.2) is 94.0 Å². The van der Waals surface area contributed by atoms with Crippen LogP contribution < -0.4 is 21.5 Å². The largest absolute Gasteiger partial charge is 0.375 e. The number of thiazole rings is 1. The first kappa shape index (κ1) is 35.6. The maximum absolute atomic E-state index is 16.7. The number of aryl methyl sites for hydroxylation is 1. The fourth-order valence-electron chi connectivity index (χ4n) is 6.73. The molecule has 6 rings (SSSR count). The van der Waals surface area contributed by atoms with Crippen molar-refractivity contribution >= 4 is 55.2 Å². The third-order valence-electron chi connectivity index (χ3n) is 9.17. The van der Waals surface area contributed by atoms with Crippen molar-refractivity contribution in [3.63, 3.8) is 0 Å². The molecular formula is C37H42FN9O3S. The number of aromatic nitrogens is 4. The molecule has 1 saturated heterocycles. The third kappa shape index (κ3) is 6.56. The number of rotatable bonds is 9. The van der Waals surface area contributed by atoms with E-state index in [1.807, 2.05) is 57.7 Å². The van der Waals surface area contributed by atoms with Crippen LogP contribution in [0.15, 0.2) is 54.0 Å². The first-order valence-electron chi connectivity index (χ1n) is 16.8. The van der Waals surface area contributed by atoms with Crippen LogP contribution in [0.1, 0.15) is 48.3 Å². The molecule has 5 aromatic rings. The highest BCUT2D eigenvalue weighted by atomic mass is 32.1. The summed E-state index contributed by atoms with van der Waals surface area (Å²) in [6.07, 6.45) is 2.95. The summed E-state index contributed by atoms with van der Waals surface area (Å²) in [5, 5.41) is 3.52. The number of carbonyl (C=O) groups excluding carboxylic acids is 2. The lowest BCUT2D eigenvalue weighted by molar-refractivity contribution is -0.128. The second-order valence-corrected chi connectivity index (χ2v) is 14.4. The molecule has 0 aliphatic carbocycles. The summed E-state index contributed by atoms with van der Waals surface area (Å²) < 4.78 is 18.9. The fraction of sp³-hybridized carbons (Fsp3) is 0.351. The van der Waals surface area contributed by atoms with Gasteiger partial charge in [-0.1, -0.05) is 43.9 Å². The molecule has 4 aromatic heterocycles. The number of benzene rings is 1. The van der Waals surface area contributed by atoms with Crippen LogP contribution >= 0.6 is 11.3 Å². The van der Waals surface area contributed by atoms with Crippen molar-refractivity contribution in [2.75, 3.05) is 57.5 Å². The predicted molar refractivity (Wildman–Crippen MR) is 201 cm³/mol. The van der Waals surface area contributed by atoms with Crippen molar-refractivity contribution in [3.8, 4) is 16.9 Å². The molecule has 1 atom stereocenters. The molecular weight excluding hydrogens is 670 g/mol. The van der Waals surface area contributed by atoms with Gasteiger partial charge in [0.05, 0.1) is 27.3 Å². The molecule has 1 aliphatic rings. The molecule has 0 radical (unpaired) electrons. The predicted octanol–water partition coefficient (Wildman–Crippen LogP) is 4.73. The molecule has 0 bridgehead atoms. The molecule has 1 fully saturated rings. The van der Waals surface area contributed by atoms with Crippen molar-refractivity contribution < 1.29 is 14.0 Å². The first-order valence-corrected chi connectivity index (χ1v) is 17.6. The number of nitrogens with one attached hydrogen (secondary N) is 1. The number of hydrogen-bond acceptors (Lipinski definition) is 10. The quantitative estimate of drug-likeness (QED) is 0.208. The number of pyridine rings is 3. The smallest absolute Gasteiger partial charge is 0.271 e. The van der Waals surface area contributed by atoms with Gasteiger partial charge < -0.3 is 25.8 Å². The van der Waals surface area contributed by atoms with Crippen LogP contribution in [0.25, 0.3) is 38.2 Å². The normalized spacial score (nSPS) is 15.0. The number of piperazine rings is 1. The lowest BCUT2D eigenvalue weighted by Gasteiger charge is -2.41. The van der Waals surface area contributed by atoms with Crippen LogP contribution in [0.2, 0.25) is 0 Å². The summed E-state index contributed by atoms with van der Waals surface area (Å²) >= 11 is 1.28. The van der Waals surface area contributed by atoms with E-state index in [0.717, 1.165) is 10.3 Å². The molecule has 0 saturated carbocycles. The Labute approximate surface area is 299 Å². The van der Waals surface area contributed by atoms with Gasteiger partial charge >= 0.3 is 0 Å². The van der Waals surface area contributed by atoms with Crippen LogP contribution in [0.5, 0.6) is 0 Å². The fourth-order valence-corrected chi connectivity index (χ4v) is 7.49. The second kappa shape index (κ2) is 14.2. The Bertz CT molecular complexity index is 2250. The van der Waals surface area contributed by atoms with Crippen LogP contribution in [-0.2, 0) is 4.79 Å². The Morgan fingerprint density at radius 2 is 1.96 bits per heavy atom. The number of amides is 2. The van der Waals surface area contributed by atoms with E-state index in [0.29, 0.717) is 40.7 Å². The number of fused-ring (bicyclic) bond motifs is 2. The van der Waals surface area contributed by atoms with Gasteiger partial charge in [0, 0.05) is 55.9 Å². The number of nitrogens with zero attached hydrogens (tertiary/aromatic N) is 7. The average molecular weight is 712 g/mol. The standard InChI is InChI=1S/C37H42FN9O3S/c1-8-27(48)46-17-16-45(19-22(46)5)33-24-18-25(38)30(23-10-9-11-26-31(23)43-37(39)51-26)42-34(24)47(32-21(4)12-13-40-29(32)20(2)3)36(50)28(33)35(49)41-14-15-44(6)7/h8-13,18,20,22H,1,14-17,19H2,2-7H3,(H2,39,43)(H,41,49)/t22-/m1/s1. The van der Waals surface area contributed by atoms with Crippen molar-refractivity contribution in [1.82, 2.24) is 34.6 Å². The van der Waals surface area contributed by atoms with Crippen LogP contribution in [0.4, 0.5) is 15.2 Å². The van der Waals surface area contributed by atoms with Gasteiger partial charge in [0.1, 0.15) is 17.1 Å². The van der Waals surface area contributed by atoms with Crippen LogP contribution in [0.3, 0.4) is 0 Å². The molecule has 1 aliphatic heterocycles. The minimum Gasteiger partial charge on any atom is -0.375 e. The zero-order valence-electron chi connectivity index (χ0n) is 29.7. The molecule has 2 amide bonds. The molecule has 1 aromatic carbocycles. The summed E-state index contributed by atoms with van der Waals surface area (Å²) in [5.74, 6) is -1.58. The number of carbonyl (C=O) groups is 2. The number of hydrogen-bond donors (Lipinski definition) is 2. The Morgan fingerprint density at radius 1 is 1.20 bits per heavy atom. The summed E-state index contributed by atoms with van der Waals surface area (Å²) in [4.78, 5) is 61.6. The van der Waals surface area contributed by atoms with Gasteiger partial charge in [0.2, 0.25) is 5.91 Å². The molecule has 0 unspecified atom stereocenters. The first-order chi connectivity index (χ1) is 24.3. The van der Waals surface area contributed by atoms with Crippen molar-refractivity contribution in [3.05, 3.63) is 82.2 Å². The second-order valence-electron chi connectivity index (χ2n) is 13.4. The number of nitrogens with two attached hydrogens (primary N) is 1. The van der Waals surface area contributed by atoms with E-state index in [9.17, 15) is 9.59 Å². The monoisotopic (exact) mass is 711 g/mol. The molecule has 51 heavy (non-hydrogen) atoms. The van der Waals surface area contributed by atoms with E-state index in [4.69, 9.17) is 10.7 Å². The minimum absolute atomic E-state index is 0.0110. The van der Waals surface area contributed by atoms with E-state index in [2.05, 4.69) is 21.9 Å². The highest BCUT2D eigenvalue weighted by Crippen LogP contribution is 2.38. The topological polar surface area (TPSA) is 143 Å². The summed E-state index contributed by atoms with van der Waals surface area (Å²) in [6, 6.07) is 8.21. The van der Waals surface area contributed by atoms with Gasteiger partial charge in [-0.15, -0.1) is 0 Å². The van der Waals surface area contributed by atoms with Gasteiger partial charge in [-0.3, -0.25) is 23.9 Å². The number of nitrogen functional groups attached to an aromatic ring is 1. The molecule has 5 heterocycles. The van der Waals surface area contributed by atoms with Crippen LogP contribution in [0, 0.1) is 12.7 Å². The maximum atomic E-state index is 16.7. The van der Waals surface area contributed by atoms with E-state index < -0.39 is 17.3 Å². The third-order valence-corrected chi connectivity index (χ3v) is 10.0. The maximum Gasteiger partial charge on any atom is 0.271 e. The average Bonchev–Trinajstić information content (AvgIpc) is 3.47. The van der Waals surface area contributed by atoms with Gasteiger partial charge in [-0.05, 0) is 63.7 Å². The molecule has 14 heteroatoms.